The molecule has 2 N–H and O–H groups in total. The van der Waals surface area contributed by atoms with Crippen molar-refractivity contribution in [3.05, 3.63) is 34.6 Å². The lowest BCUT2D eigenvalue weighted by atomic mass is 10.1. The van der Waals surface area contributed by atoms with Crippen LogP contribution in [0, 0.1) is 5.82 Å². The molecule has 1 saturated heterocycles. The third kappa shape index (κ3) is 4.18. The fourth-order valence-electron chi connectivity index (χ4n) is 2.23. The zero-order valence-corrected chi connectivity index (χ0v) is 11.5. The van der Waals surface area contributed by atoms with E-state index < -0.39 is 5.82 Å². The molecule has 1 fully saturated rings. The maximum atomic E-state index is 13.3. The molecule has 104 valence electrons. The van der Waals surface area contributed by atoms with Crippen LogP contribution in [-0.2, 0) is 0 Å². The highest BCUT2D eigenvalue weighted by Gasteiger charge is 2.14. The van der Waals surface area contributed by atoms with E-state index in [1.807, 2.05) is 0 Å². The van der Waals surface area contributed by atoms with Gasteiger partial charge in [-0.25, -0.2) is 4.39 Å². The number of halogens is 2. The van der Waals surface area contributed by atoms with Crippen molar-refractivity contribution in [2.45, 2.75) is 31.7 Å². The Bertz CT molecular complexity index is 445. The average Bonchev–Trinajstić information content (AvgIpc) is 2.67. The van der Waals surface area contributed by atoms with Crippen LogP contribution in [0.2, 0.25) is 5.02 Å². The molecule has 1 atom stereocenters. The number of amides is 1. The van der Waals surface area contributed by atoms with Crippen LogP contribution in [0.25, 0.3) is 0 Å². The summed E-state index contributed by atoms with van der Waals surface area (Å²) in [6, 6.07) is 4.40. The fourth-order valence-corrected chi connectivity index (χ4v) is 2.35. The van der Waals surface area contributed by atoms with Crippen molar-refractivity contribution in [1.82, 2.24) is 10.6 Å². The summed E-state index contributed by atoms with van der Waals surface area (Å²) in [6.45, 7) is 1.57. The SMILES string of the molecule is O=C(NC[C@@H]1CCCCCN1)c1ccc(Cl)c(F)c1. The van der Waals surface area contributed by atoms with Gasteiger partial charge in [0.15, 0.2) is 0 Å². The van der Waals surface area contributed by atoms with Gasteiger partial charge in [0.2, 0.25) is 0 Å². The van der Waals surface area contributed by atoms with E-state index in [4.69, 9.17) is 11.6 Å². The first kappa shape index (κ1) is 14.3. The van der Waals surface area contributed by atoms with Gasteiger partial charge in [-0.2, -0.15) is 0 Å². The van der Waals surface area contributed by atoms with E-state index in [1.54, 1.807) is 0 Å². The second-order valence-corrected chi connectivity index (χ2v) is 5.25. The normalized spacial score (nSPS) is 19.8. The van der Waals surface area contributed by atoms with Gasteiger partial charge in [0.05, 0.1) is 5.02 Å². The van der Waals surface area contributed by atoms with Gasteiger partial charge in [-0.05, 0) is 37.6 Å². The number of carbonyl (C=O) groups is 1. The molecular weight excluding hydrogens is 267 g/mol. The lowest BCUT2D eigenvalue weighted by molar-refractivity contribution is 0.0948. The van der Waals surface area contributed by atoms with Crippen LogP contribution in [0.4, 0.5) is 4.39 Å². The van der Waals surface area contributed by atoms with E-state index in [9.17, 15) is 9.18 Å². The third-order valence-corrected chi connectivity index (χ3v) is 3.66. The Balaban J connectivity index is 1.87. The van der Waals surface area contributed by atoms with Gasteiger partial charge in [0.1, 0.15) is 5.82 Å². The van der Waals surface area contributed by atoms with Crippen molar-refractivity contribution in [3.8, 4) is 0 Å². The van der Waals surface area contributed by atoms with Crippen molar-refractivity contribution in [2.75, 3.05) is 13.1 Å². The molecule has 1 amide bonds. The van der Waals surface area contributed by atoms with Crippen LogP contribution in [0.1, 0.15) is 36.0 Å². The van der Waals surface area contributed by atoms with Crippen molar-refractivity contribution >= 4 is 17.5 Å². The molecule has 1 heterocycles. The highest BCUT2D eigenvalue weighted by molar-refractivity contribution is 6.30. The monoisotopic (exact) mass is 284 g/mol. The Morgan fingerprint density at radius 2 is 2.26 bits per heavy atom. The van der Waals surface area contributed by atoms with Crippen LogP contribution in [0.3, 0.4) is 0 Å². The molecule has 0 aliphatic carbocycles. The van der Waals surface area contributed by atoms with Gasteiger partial charge in [-0.1, -0.05) is 24.4 Å². The van der Waals surface area contributed by atoms with E-state index in [0.717, 1.165) is 19.0 Å². The molecule has 5 heteroatoms. The predicted molar refractivity (Wildman–Crippen MR) is 74.0 cm³/mol. The summed E-state index contributed by atoms with van der Waals surface area (Å²) in [5.74, 6) is -0.830. The lowest BCUT2D eigenvalue weighted by Gasteiger charge is -2.16. The van der Waals surface area contributed by atoms with Crippen LogP contribution in [0.15, 0.2) is 18.2 Å². The van der Waals surface area contributed by atoms with Gasteiger partial charge in [-0.3, -0.25) is 4.79 Å². The summed E-state index contributed by atoms with van der Waals surface area (Å²) in [5, 5.41) is 6.26. The summed E-state index contributed by atoms with van der Waals surface area (Å²) < 4.78 is 13.3. The Hall–Kier alpha value is -1.13. The summed E-state index contributed by atoms with van der Waals surface area (Å²) in [7, 11) is 0. The standard InChI is InChI=1S/C14H18ClFN2O/c15-12-6-5-10(8-13(12)16)14(19)18-9-11-4-2-1-3-7-17-11/h5-6,8,11,17H,1-4,7,9H2,(H,18,19)/t11-/m0/s1. The molecule has 19 heavy (non-hydrogen) atoms. The number of nitrogens with one attached hydrogen (secondary N) is 2. The molecule has 0 bridgehead atoms. The smallest absolute Gasteiger partial charge is 0.251 e. The van der Waals surface area contributed by atoms with E-state index >= 15 is 0 Å². The van der Waals surface area contributed by atoms with Crippen LogP contribution in [0.5, 0.6) is 0 Å². The summed E-state index contributed by atoms with van der Waals surface area (Å²) >= 11 is 5.59. The zero-order chi connectivity index (χ0) is 13.7. The summed E-state index contributed by atoms with van der Waals surface area (Å²) in [6.07, 6.45) is 4.67. The molecule has 1 aliphatic heterocycles. The Labute approximate surface area is 117 Å². The predicted octanol–water partition coefficient (Wildman–Crippen LogP) is 2.74. The molecular formula is C14H18ClFN2O. The first-order valence-corrected chi connectivity index (χ1v) is 7.01. The van der Waals surface area contributed by atoms with Crippen molar-refractivity contribution in [1.29, 1.82) is 0 Å². The second kappa shape index (κ2) is 6.87. The first-order valence-electron chi connectivity index (χ1n) is 6.63. The quantitative estimate of drug-likeness (QED) is 0.896. The lowest BCUT2D eigenvalue weighted by Crippen LogP contribution is -2.40. The van der Waals surface area contributed by atoms with Crippen LogP contribution in [-0.4, -0.2) is 25.0 Å². The number of rotatable bonds is 3. The fraction of sp³-hybridized carbons (Fsp3) is 0.500. The molecule has 1 aromatic carbocycles. The van der Waals surface area contributed by atoms with Gasteiger partial charge in [-0.15, -0.1) is 0 Å². The first-order chi connectivity index (χ1) is 9.16. The zero-order valence-electron chi connectivity index (χ0n) is 10.7. The molecule has 1 aromatic rings. The van der Waals surface area contributed by atoms with Crippen molar-refractivity contribution < 1.29 is 9.18 Å². The molecule has 3 nitrogen and oxygen atoms in total. The van der Waals surface area contributed by atoms with Gasteiger partial charge >= 0.3 is 0 Å². The summed E-state index contributed by atoms with van der Waals surface area (Å²) in [4.78, 5) is 11.9. The van der Waals surface area contributed by atoms with Gasteiger partial charge in [0, 0.05) is 18.2 Å². The Morgan fingerprint density at radius 1 is 1.42 bits per heavy atom. The summed E-state index contributed by atoms with van der Waals surface area (Å²) in [5.41, 5.74) is 0.301. The van der Waals surface area contributed by atoms with E-state index in [0.29, 0.717) is 18.2 Å². The minimum atomic E-state index is -0.568. The van der Waals surface area contributed by atoms with E-state index in [1.165, 1.54) is 31.4 Å². The average molecular weight is 285 g/mol. The maximum Gasteiger partial charge on any atom is 0.251 e. The molecule has 0 aromatic heterocycles. The number of hydrogen-bond acceptors (Lipinski definition) is 2. The topological polar surface area (TPSA) is 41.1 Å². The van der Waals surface area contributed by atoms with E-state index in [-0.39, 0.29) is 10.9 Å². The number of benzene rings is 1. The highest BCUT2D eigenvalue weighted by Crippen LogP contribution is 2.15. The van der Waals surface area contributed by atoms with Crippen LogP contribution < -0.4 is 10.6 Å². The molecule has 0 saturated carbocycles. The second-order valence-electron chi connectivity index (χ2n) is 4.84. The Kier molecular flexibility index (Phi) is 5.16. The van der Waals surface area contributed by atoms with Crippen molar-refractivity contribution in [2.24, 2.45) is 0 Å². The largest absolute Gasteiger partial charge is 0.350 e. The highest BCUT2D eigenvalue weighted by atomic mass is 35.5. The van der Waals surface area contributed by atoms with Crippen LogP contribution >= 0.6 is 11.6 Å². The minimum Gasteiger partial charge on any atom is -0.350 e. The minimum absolute atomic E-state index is 0.0296. The maximum absolute atomic E-state index is 13.3. The third-order valence-electron chi connectivity index (χ3n) is 3.35. The molecule has 2 rings (SSSR count). The molecule has 0 spiro atoms. The molecule has 1 aliphatic rings. The van der Waals surface area contributed by atoms with Crippen molar-refractivity contribution in [3.63, 3.8) is 0 Å². The van der Waals surface area contributed by atoms with Gasteiger partial charge in [0.25, 0.3) is 5.91 Å². The molecule has 0 radical (unpaired) electrons. The Morgan fingerprint density at radius 3 is 3.05 bits per heavy atom. The molecule has 0 unspecified atom stereocenters. The van der Waals surface area contributed by atoms with Gasteiger partial charge < -0.3 is 10.6 Å². The van der Waals surface area contributed by atoms with E-state index in [2.05, 4.69) is 10.6 Å². The number of hydrogen-bond donors (Lipinski definition) is 2. The number of carbonyl (C=O) groups excluding carboxylic acids is 1.